The van der Waals surface area contributed by atoms with Crippen LogP contribution in [0.5, 0.6) is 0 Å². The van der Waals surface area contributed by atoms with Gasteiger partial charge in [0.2, 0.25) is 0 Å². The Morgan fingerprint density at radius 1 is 1.38 bits per heavy atom. The highest BCUT2D eigenvalue weighted by atomic mass is 19.1. The Labute approximate surface area is 139 Å². The van der Waals surface area contributed by atoms with Gasteiger partial charge in [-0.25, -0.2) is 9.37 Å². The molecule has 6 heteroatoms. The molecule has 0 saturated carbocycles. The SMILES string of the molecule is CC1C(NC(=O)c2ncc(-c3cccc(F)c3)o2)C2CCN1CC2. The predicted octanol–water partition coefficient (Wildman–Crippen LogP) is 2.69. The fraction of sp³-hybridized carbons (Fsp3) is 0.444. The van der Waals surface area contributed by atoms with Gasteiger partial charge >= 0.3 is 5.91 Å². The van der Waals surface area contributed by atoms with Crippen LogP contribution in [0.25, 0.3) is 11.3 Å². The van der Waals surface area contributed by atoms with Crippen LogP contribution in [0.3, 0.4) is 0 Å². The topological polar surface area (TPSA) is 58.4 Å². The third kappa shape index (κ3) is 2.71. The summed E-state index contributed by atoms with van der Waals surface area (Å²) in [6.07, 6.45) is 3.70. The minimum absolute atomic E-state index is 0.0258. The number of piperidine rings is 3. The zero-order valence-corrected chi connectivity index (χ0v) is 13.5. The zero-order chi connectivity index (χ0) is 16.7. The van der Waals surface area contributed by atoms with Gasteiger partial charge < -0.3 is 9.73 Å². The van der Waals surface area contributed by atoms with Crippen LogP contribution in [-0.4, -0.2) is 41.0 Å². The van der Waals surface area contributed by atoms with Gasteiger partial charge in [-0.2, -0.15) is 0 Å². The lowest BCUT2D eigenvalue weighted by atomic mass is 9.79. The summed E-state index contributed by atoms with van der Waals surface area (Å²) in [6, 6.07) is 6.51. The second kappa shape index (κ2) is 6.02. The van der Waals surface area contributed by atoms with Crippen molar-refractivity contribution in [3.05, 3.63) is 42.2 Å². The van der Waals surface area contributed by atoms with E-state index in [0.717, 1.165) is 25.9 Å². The van der Waals surface area contributed by atoms with E-state index >= 15 is 0 Å². The normalized spacial score (nSPS) is 28.8. The number of oxazole rings is 1. The quantitative estimate of drug-likeness (QED) is 0.941. The lowest BCUT2D eigenvalue weighted by Crippen LogP contribution is -2.62. The third-order valence-corrected chi connectivity index (χ3v) is 5.28. The molecule has 24 heavy (non-hydrogen) atoms. The smallest absolute Gasteiger partial charge is 0.307 e. The van der Waals surface area contributed by atoms with E-state index in [4.69, 9.17) is 4.42 Å². The molecule has 4 heterocycles. The molecular formula is C18H20FN3O2. The van der Waals surface area contributed by atoms with Gasteiger partial charge in [0.1, 0.15) is 5.82 Å². The minimum Gasteiger partial charge on any atom is -0.432 e. The molecule has 3 saturated heterocycles. The number of halogens is 1. The number of aromatic nitrogens is 1. The van der Waals surface area contributed by atoms with Gasteiger partial charge in [-0.15, -0.1) is 0 Å². The molecule has 126 valence electrons. The van der Waals surface area contributed by atoms with Gasteiger partial charge in [0.15, 0.2) is 5.76 Å². The number of benzene rings is 1. The highest BCUT2D eigenvalue weighted by Gasteiger charge is 2.40. The molecule has 1 aromatic carbocycles. The van der Waals surface area contributed by atoms with E-state index in [-0.39, 0.29) is 23.7 Å². The van der Waals surface area contributed by atoms with Crippen LogP contribution in [-0.2, 0) is 0 Å². The van der Waals surface area contributed by atoms with Crippen LogP contribution in [0.15, 0.2) is 34.9 Å². The Bertz CT molecular complexity index is 750. The summed E-state index contributed by atoms with van der Waals surface area (Å²) < 4.78 is 18.9. The van der Waals surface area contributed by atoms with Gasteiger partial charge in [0.25, 0.3) is 5.89 Å². The molecule has 3 aliphatic rings. The number of carbonyl (C=O) groups is 1. The summed E-state index contributed by atoms with van der Waals surface area (Å²) in [5.74, 6) is 0.283. The van der Waals surface area contributed by atoms with Crippen LogP contribution in [0.1, 0.15) is 30.5 Å². The number of hydrogen-bond donors (Lipinski definition) is 1. The first-order chi connectivity index (χ1) is 11.6. The average molecular weight is 329 g/mol. The van der Waals surface area contributed by atoms with E-state index in [9.17, 15) is 9.18 Å². The molecule has 2 bridgehead atoms. The molecule has 3 fully saturated rings. The molecule has 3 aliphatic heterocycles. The molecular weight excluding hydrogens is 309 g/mol. The van der Waals surface area contributed by atoms with Crippen molar-refractivity contribution in [1.29, 1.82) is 0 Å². The van der Waals surface area contributed by atoms with Crippen molar-refractivity contribution >= 4 is 5.91 Å². The van der Waals surface area contributed by atoms with E-state index in [1.54, 1.807) is 12.1 Å². The van der Waals surface area contributed by atoms with Gasteiger partial charge in [0.05, 0.1) is 6.20 Å². The third-order valence-electron chi connectivity index (χ3n) is 5.28. The number of nitrogens with zero attached hydrogens (tertiary/aromatic N) is 2. The van der Waals surface area contributed by atoms with Gasteiger partial charge in [-0.3, -0.25) is 9.69 Å². The summed E-state index contributed by atoms with van der Waals surface area (Å²) in [5.41, 5.74) is 0.567. The Morgan fingerprint density at radius 3 is 2.88 bits per heavy atom. The number of amides is 1. The molecule has 1 aromatic heterocycles. The van der Waals surface area contributed by atoms with Crippen LogP contribution in [0.2, 0.25) is 0 Å². The van der Waals surface area contributed by atoms with Crippen molar-refractivity contribution in [3.8, 4) is 11.3 Å². The maximum absolute atomic E-state index is 13.3. The van der Waals surface area contributed by atoms with Gasteiger partial charge in [-0.1, -0.05) is 12.1 Å². The summed E-state index contributed by atoms with van der Waals surface area (Å²) in [6.45, 7) is 4.38. The predicted molar refractivity (Wildman–Crippen MR) is 86.9 cm³/mol. The number of nitrogens with one attached hydrogen (secondary N) is 1. The summed E-state index contributed by atoms with van der Waals surface area (Å²) in [7, 11) is 0. The van der Waals surface area contributed by atoms with Crippen LogP contribution >= 0.6 is 0 Å². The van der Waals surface area contributed by atoms with E-state index in [2.05, 4.69) is 22.1 Å². The van der Waals surface area contributed by atoms with Crippen LogP contribution in [0.4, 0.5) is 4.39 Å². The summed E-state index contributed by atoms with van der Waals surface area (Å²) in [4.78, 5) is 19.0. The Morgan fingerprint density at radius 2 is 2.17 bits per heavy atom. The maximum Gasteiger partial charge on any atom is 0.307 e. The fourth-order valence-electron chi connectivity index (χ4n) is 3.91. The fourth-order valence-corrected chi connectivity index (χ4v) is 3.91. The Kier molecular flexibility index (Phi) is 3.84. The highest BCUT2D eigenvalue weighted by molar-refractivity contribution is 5.90. The van der Waals surface area contributed by atoms with E-state index in [1.165, 1.54) is 18.3 Å². The van der Waals surface area contributed by atoms with Crippen molar-refractivity contribution in [3.63, 3.8) is 0 Å². The molecule has 5 nitrogen and oxygen atoms in total. The minimum atomic E-state index is -0.351. The first-order valence-electron chi connectivity index (χ1n) is 8.38. The van der Waals surface area contributed by atoms with Crippen molar-refractivity contribution < 1.29 is 13.6 Å². The molecule has 2 unspecified atom stereocenters. The average Bonchev–Trinajstić information content (AvgIpc) is 3.09. The first-order valence-corrected chi connectivity index (χ1v) is 8.38. The first kappa shape index (κ1) is 15.3. The highest BCUT2D eigenvalue weighted by Crippen LogP contribution is 2.32. The number of rotatable bonds is 3. The molecule has 5 rings (SSSR count). The monoisotopic (exact) mass is 329 g/mol. The van der Waals surface area contributed by atoms with E-state index in [1.807, 2.05) is 0 Å². The molecule has 1 amide bonds. The number of fused-ring (bicyclic) bond motifs is 3. The lowest BCUT2D eigenvalue weighted by molar-refractivity contribution is 0.0210. The molecule has 2 aromatic rings. The maximum atomic E-state index is 13.3. The van der Waals surface area contributed by atoms with Gasteiger partial charge in [0, 0.05) is 17.6 Å². The Balaban J connectivity index is 1.49. The van der Waals surface area contributed by atoms with Crippen molar-refractivity contribution in [1.82, 2.24) is 15.2 Å². The standard InChI is InChI=1S/C18H20FN3O2/c1-11-16(12-5-7-22(11)8-6-12)21-17(23)18-20-10-15(24-18)13-3-2-4-14(19)9-13/h2-4,9-12,16H,5-8H2,1H3,(H,21,23). The van der Waals surface area contributed by atoms with Crippen molar-refractivity contribution in [2.24, 2.45) is 5.92 Å². The second-order valence-electron chi connectivity index (χ2n) is 6.65. The van der Waals surface area contributed by atoms with Crippen LogP contribution in [0, 0.1) is 11.7 Å². The van der Waals surface area contributed by atoms with Crippen molar-refractivity contribution in [2.75, 3.05) is 13.1 Å². The second-order valence-corrected chi connectivity index (χ2v) is 6.65. The molecule has 0 radical (unpaired) electrons. The Hall–Kier alpha value is -2.21. The van der Waals surface area contributed by atoms with Gasteiger partial charge in [-0.05, 0) is 50.9 Å². The largest absolute Gasteiger partial charge is 0.432 e. The van der Waals surface area contributed by atoms with E-state index < -0.39 is 0 Å². The molecule has 2 atom stereocenters. The number of carbonyl (C=O) groups excluding carboxylic acids is 1. The molecule has 0 spiro atoms. The molecule has 1 N–H and O–H groups in total. The summed E-state index contributed by atoms with van der Waals surface area (Å²) in [5, 5.41) is 3.08. The summed E-state index contributed by atoms with van der Waals surface area (Å²) >= 11 is 0. The zero-order valence-electron chi connectivity index (χ0n) is 13.5. The van der Waals surface area contributed by atoms with Crippen molar-refractivity contribution in [2.45, 2.75) is 31.8 Å². The van der Waals surface area contributed by atoms with E-state index in [0.29, 0.717) is 23.3 Å². The van der Waals surface area contributed by atoms with Crippen LogP contribution < -0.4 is 5.32 Å². The number of hydrogen-bond acceptors (Lipinski definition) is 4. The molecule has 0 aliphatic carbocycles. The lowest BCUT2D eigenvalue weighted by Gasteiger charge is -2.49.